The number of hydrogen-bond donors (Lipinski definition) is 1. The van der Waals surface area contributed by atoms with Gasteiger partial charge in [0.15, 0.2) is 5.71 Å². The number of hydrogen-bond acceptors (Lipinski definition) is 3. The predicted molar refractivity (Wildman–Crippen MR) is 81.5 cm³/mol. The van der Waals surface area contributed by atoms with Crippen molar-refractivity contribution in [2.45, 2.75) is 6.18 Å². The lowest BCUT2D eigenvalue weighted by Gasteiger charge is -2.16. The molecule has 1 aliphatic rings. The predicted octanol–water partition coefficient (Wildman–Crippen LogP) is 3.50. The number of nitrogens with zero attached hydrogens (tertiary/aromatic N) is 2. The third-order valence-corrected chi connectivity index (χ3v) is 3.43. The minimum atomic E-state index is -4.48. The van der Waals surface area contributed by atoms with Crippen molar-refractivity contribution in [2.24, 2.45) is 5.10 Å². The van der Waals surface area contributed by atoms with E-state index in [1.165, 1.54) is 11.1 Å². The van der Waals surface area contributed by atoms with Gasteiger partial charge in [0.2, 0.25) is 0 Å². The first-order valence-corrected chi connectivity index (χ1v) is 6.76. The molecule has 1 amide bonds. The standard InChI is InChI=1S/C16H12F3N3O/c1-22-13-8-7-11(16(17,18)19)9-12(13)20-15(23)14(21-22)10-5-3-2-4-6-10/h2-9H,1H3,(H,20,23). The van der Waals surface area contributed by atoms with Crippen molar-refractivity contribution in [3.8, 4) is 0 Å². The number of amides is 1. The number of halogens is 3. The van der Waals surface area contributed by atoms with Gasteiger partial charge in [-0.3, -0.25) is 9.80 Å². The van der Waals surface area contributed by atoms with Gasteiger partial charge in [-0.15, -0.1) is 0 Å². The van der Waals surface area contributed by atoms with Gasteiger partial charge >= 0.3 is 6.18 Å². The molecule has 118 valence electrons. The van der Waals surface area contributed by atoms with Crippen LogP contribution in [0.2, 0.25) is 0 Å². The van der Waals surface area contributed by atoms with Crippen LogP contribution in [0.5, 0.6) is 0 Å². The van der Waals surface area contributed by atoms with Crippen LogP contribution in [0.3, 0.4) is 0 Å². The van der Waals surface area contributed by atoms with Gasteiger partial charge in [0.05, 0.1) is 16.9 Å². The fourth-order valence-corrected chi connectivity index (χ4v) is 2.31. The largest absolute Gasteiger partial charge is 0.416 e. The molecular formula is C16H12F3N3O. The lowest BCUT2D eigenvalue weighted by Crippen LogP contribution is -2.23. The number of alkyl halides is 3. The smallest absolute Gasteiger partial charge is 0.319 e. The number of anilines is 2. The molecule has 0 unspecified atom stereocenters. The Labute approximate surface area is 130 Å². The first kappa shape index (κ1) is 15.1. The summed E-state index contributed by atoms with van der Waals surface area (Å²) in [5.41, 5.74) is 0.353. The number of benzene rings is 2. The molecule has 0 atom stereocenters. The van der Waals surface area contributed by atoms with Crippen LogP contribution in [0.25, 0.3) is 0 Å². The van der Waals surface area contributed by atoms with Crippen LogP contribution < -0.4 is 10.3 Å². The third-order valence-electron chi connectivity index (χ3n) is 3.43. The summed E-state index contributed by atoms with van der Waals surface area (Å²) in [6, 6.07) is 11.9. The molecule has 0 radical (unpaired) electrons. The van der Waals surface area contributed by atoms with Gasteiger partial charge in [-0.2, -0.15) is 18.3 Å². The van der Waals surface area contributed by atoms with Crippen LogP contribution >= 0.6 is 0 Å². The minimum Gasteiger partial charge on any atom is -0.319 e. The van der Waals surface area contributed by atoms with E-state index in [4.69, 9.17) is 0 Å². The molecule has 1 N–H and O–H groups in total. The molecule has 0 fully saturated rings. The summed E-state index contributed by atoms with van der Waals surface area (Å²) in [6.45, 7) is 0. The molecule has 3 rings (SSSR count). The molecule has 2 aromatic rings. The van der Waals surface area contributed by atoms with Gasteiger partial charge in [0.25, 0.3) is 5.91 Å². The number of nitrogens with one attached hydrogen (secondary N) is 1. The van der Waals surface area contributed by atoms with Gasteiger partial charge < -0.3 is 5.32 Å². The average molecular weight is 319 g/mol. The number of carbonyl (C=O) groups is 1. The zero-order valence-corrected chi connectivity index (χ0v) is 12.1. The van der Waals surface area contributed by atoms with E-state index in [0.717, 1.165) is 12.1 Å². The molecule has 0 saturated carbocycles. The van der Waals surface area contributed by atoms with Crippen LogP contribution in [0.15, 0.2) is 53.6 Å². The quantitative estimate of drug-likeness (QED) is 0.874. The van der Waals surface area contributed by atoms with Crippen LogP contribution in [-0.4, -0.2) is 18.7 Å². The third kappa shape index (κ3) is 2.90. The molecule has 0 saturated heterocycles. The summed E-state index contributed by atoms with van der Waals surface area (Å²) in [6.07, 6.45) is -4.48. The normalized spacial score (nSPS) is 14.7. The number of hydrazone groups is 1. The Morgan fingerprint density at radius 1 is 1.09 bits per heavy atom. The van der Waals surface area contributed by atoms with Crippen LogP contribution in [-0.2, 0) is 11.0 Å². The van der Waals surface area contributed by atoms with Gasteiger partial charge in [-0.25, -0.2) is 0 Å². The molecule has 1 heterocycles. The van der Waals surface area contributed by atoms with Gasteiger partial charge in [0, 0.05) is 12.6 Å². The number of carbonyl (C=O) groups excluding carboxylic acids is 1. The minimum absolute atomic E-state index is 0.0713. The van der Waals surface area contributed by atoms with E-state index in [1.807, 2.05) is 0 Å². The summed E-state index contributed by atoms with van der Waals surface area (Å²) in [7, 11) is 1.58. The van der Waals surface area contributed by atoms with Gasteiger partial charge in [-0.1, -0.05) is 30.3 Å². The first-order valence-electron chi connectivity index (χ1n) is 6.76. The second kappa shape index (κ2) is 5.42. The lowest BCUT2D eigenvalue weighted by molar-refractivity contribution is -0.137. The SMILES string of the molecule is CN1N=C(c2ccccc2)C(=O)Nc2cc(C(F)(F)F)ccc21. The van der Waals surface area contributed by atoms with Gasteiger partial charge in [0.1, 0.15) is 0 Å². The van der Waals surface area contributed by atoms with E-state index in [9.17, 15) is 18.0 Å². The van der Waals surface area contributed by atoms with E-state index < -0.39 is 17.6 Å². The van der Waals surface area contributed by atoms with Crippen LogP contribution in [0, 0.1) is 0 Å². The maximum atomic E-state index is 12.8. The number of rotatable bonds is 1. The second-order valence-corrected chi connectivity index (χ2v) is 5.02. The van der Waals surface area contributed by atoms with Gasteiger partial charge in [-0.05, 0) is 18.2 Å². The van der Waals surface area contributed by atoms with E-state index in [1.54, 1.807) is 37.4 Å². The maximum absolute atomic E-state index is 12.8. The van der Waals surface area contributed by atoms with Crippen LogP contribution in [0.1, 0.15) is 11.1 Å². The van der Waals surface area contributed by atoms with E-state index in [2.05, 4.69) is 10.4 Å². The Morgan fingerprint density at radius 2 is 1.78 bits per heavy atom. The van der Waals surface area contributed by atoms with Crippen molar-refractivity contribution in [3.05, 3.63) is 59.7 Å². The zero-order chi connectivity index (χ0) is 16.6. The summed E-state index contributed by atoms with van der Waals surface area (Å²) < 4.78 is 38.5. The fraction of sp³-hybridized carbons (Fsp3) is 0.125. The first-order chi connectivity index (χ1) is 10.9. The lowest BCUT2D eigenvalue weighted by atomic mass is 10.1. The van der Waals surface area contributed by atoms with E-state index in [-0.39, 0.29) is 11.4 Å². The second-order valence-electron chi connectivity index (χ2n) is 5.02. The molecule has 23 heavy (non-hydrogen) atoms. The summed E-state index contributed by atoms with van der Waals surface area (Å²) in [4.78, 5) is 12.3. The molecule has 0 bridgehead atoms. The Bertz CT molecular complexity index is 785. The fourth-order valence-electron chi connectivity index (χ4n) is 2.31. The summed E-state index contributed by atoms with van der Waals surface area (Å²) >= 11 is 0. The zero-order valence-electron chi connectivity index (χ0n) is 12.1. The van der Waals surface area contributed by atoms with E-state index in [0.29, 0.717) is 11.3 Å². The van der Waals surface area contributed by atoms with Crippen LogP contribution in [0.4, 0.5) is 24.5 Å². The summed E-state index contributed by atoms with van der Waals surface area (Å²) in [5, 5.41) is 8.10. The van der Waals surface area contributed by atoms with Crippen molar-refractivity contribution in [1.82, 2.24) is 0 Å². The highest BCUT2D eigenvalue weighted by Crippen LogP contribution is 2.36. The Kier molecular flexibility index (Phi) is 3.55. The highest BCUT2D eigenvalue weighted by Gasteiger charge is 2.32. The highest BCUT2D eigenvalue weighted by atomic mass is 19.4. The molecule has 2 aromatic carbocycles. The Hall–Kier alpha value is -2.83. The van der Waals surface area contributed by atoms with E-state index >= 15 is 0 Å². The van der Waals surface area contributed by atoms with Crippen molar-refractivity contribution in [2.75, 3.05) is 17.4 Å². The molecule has 0 aliphatic carbocycles. The average Bonchev–Trinajstić information content (AvgIpc) is 2.63. The molecule has 0 aromatic heterocycles. The molecular weight excluding hydrogens is 307 g/mol. The number of fused-ring (bicyclic) bond motifs is 1. The highest BCUT2D eigenvalue weighted by molar-refractivity contribution is 6.49. The maximum Gasteiger partial charge on any atom is 0.416 e. The Balaban J connectivity index is 2.05. The molecule has 1 aliphatic heterocycles. The molecule has 4 nitrogen and oxygen atoms in total. The van der Waals surface area contributed by atoms with Crippen molar-refractivity contribution >= 4 is 23.0 Å². The Morgan fingerprint density at radius 3 is 2.43 bits per heavy atom. The summed E-state index contributed by atoms with van der Waals surface area (Å²) in [5.74, 6) is -0.555. The molecule has 7 heteroatoms. The topological polar surface area (TPSA) is 44.7 Å². The monoisotopic (exact) mass is 319 g/mol. The molecule has 0 spiro atoms. The van der Waals surface area contributed by atoms with Crippen molar-refractivity contribution in [1.29, 1.82) is 0 Å². The van der Waals surface area contributed by atoms with Crippen molar-refractivity contribution in [3.63, 3.8) is 0 Å². The van der Waals surface area contributed by atoms with Crippen molar-refractivity contribution < 1.29 is 18.0 Å².